The second-order valence-electron chi connectivity index (χ2n) is 5.21. The standard InChI is InChI=1S/C17H17F2NO/c18-13-5-6-16(17(19)9-13)15-4-2-1-3-12(15)11-21-14-7-8-20-10-14/h1-6,9,14,20H,7-8,10-11H2/t14-/m0/s1. The predicted octanol–water partition coefficient (Wildman–Crippen LogP) is 3.51. The minimum Gasteiger partial charge on any atom is -0.372 e. The first kappa shape index (κ1) is 14.2. The van der Waals surface area contributed by atoms with E-state index < -0.39 is 11.6 Å². The molecule has 1 atom stereocenters. The molecule has 1 aliphatic rings. The molecule has 3 rings (SSSR count). The van der Waals surface area contributed by atoms with E-state index in [-0.39, 0.29) is 6.10 Å². The highest BCUT2D eigenvalue weighted by molar-refractivity contribution is 5.67. The van der Waals surface area contributed by atoms with Gasteiger partial charge in [-0.15, -0.1) is 0 Å². The first-order valence-corrected chi connectivity index (χ1v) is 7.09. The zero-order valence-electron chi connectivity index (χ0n) is 11.6. The number of benzene rings is 2. The second kappa shape index (κ2) is 6.33. The average molecular weight is 289 g/mol. The van der Waals surface area contributed by atoms with Gasteiger partial charge in [0.15, 0.2) is 0 Å². The van der Waals surface area contributed by atoms with Gasteiger partial charge in [-0.05, 0) is 36.2 Å². The van der Waals surface area contributed by atoms with Gasteiger partial charge in [0.25, 0.3) is 0 Å². The highest BCUT2D eigenvalue weighted by atomic mass is 19.1. The summed E-state index contributed by atoms with van der Waals surface area (Å²) in [5.74, 6) is -1.12. The van der Waals surface area contributed by atoms with Crippen molar-refractivity contribution in [2.24, 2.45) is 0 Å². The van der Waals surface area contributed by atoms with Crippen molar-refractivity contribution in [2.75, 3.05) is 13.1 Å². The van der Waals surface area contributed by atoms with E-state index in [9.17, 15) is 8.78 Å². The fraction of sp³-hybridized carbons (Fsp3) is 0.294. The highest BCUT2D eigenvalue weighted by Gasteiger charge is 2.16. The molecule has 1 N–H and O–H groups in total. The van der Waals surface area contributed by atoms with Crippen LogP contribution in [0.4, 0.5) is 8.78 Å². The van der Waals surface area contributed by atoms with Crippen LogP contribution in [0.25, 0.3) is 11.1 Å². The zero-order valence-corrected chi connectivity index (χ0v) is 11.6. The van der Waals surface area contributed by atoms with Crippen LogP contribution in [0.1, 0.15) is 12.0 Å². The van der Waals surface area contributed by atoms with E-state index in [1.807, 2.05) is 24.3 Å². The summed E-state index contributed by atoms with van der Waals surface area (Å²) < 4.78 is 32.9. The lowest BCUT2D eigenvalue weighted by atomic mass is 9.99. The molecule has 2 aromatic rings. The molecule has 1 aliphatic heterocycles. The Morgan fingerprint density at radius 1 is 1.10 bits per heavy atom. The number of ether oxygens (including phenoxy) is 1. The Balaban J connectivity index is 1.84. The molecule has 110 valence electrons. The topological polar surface area (TPSA) is 21.3 Å². The lowest BCUT2D eigenvalue weighted by molar-refractivity contribution is 0.0545. The van der Waals surface area contributed by atoms with Crippen molar-refractivity contribution >= 4 is 0 Å². The maximum Gasteiger partial charge on any atom is 0.133 e. The van der Waals surface area contributed by atoms with Crippen molar-refractivity contribution < 1.29 is 13.5 Å². The lowest BCUT2D eigenvalue weighted by Gasteiger charge is -2.14. The summed E-state index contributed by atoms with van der Waals surface area (Å²) >= 11 is 0. The van der Waals surface area contributed by atoms with E-state index in [1.54, 1.807) is 0 Å². The Bertz CT molecular complexity index is 624. The van der Waals surface area contributed by atoms with Crippen LogP contribution in [0, 0.1) is 11.6 Å². The van der Waals surface area contributed by atoms with Crippen LogP contribution >= 0.6 is 0 Å². The number of nitrogens with one attached hydrogen (secondary N) is 1. The molecular weight excluding hydrogens is 272 g/mol. The Morgan fingerprint density at radius 3 is 2.71 bits per heavy atom. The maximum absolute atomic E-state index is 14.0. The third kappa shape index (κ3) is 3.28. The van der Waals surface area contributed by atoms with Crippen molar-refractivity contribution in [3.05, 3.63) is 59.7 Å². The molecule has 0 radical (unpaired) electrons. The quantitative estimate of drug-likeness (QED) is 0.930. The third-order valence-corrected chi connectivity index (χ3v) is 3.73. The van der Waals surface area contributed by atoms with Crippen molar-refractivity contribution in [3.63, 3.8) is 0 Å². The Morgan fingerprint density at radius 2 is 1.95 bits per heavy atom. The van der Waals surface area contributed by atoms with Crippen LogP contribution < -0.4 is 5.32 Å². The summed E-state index contributed by atoms with van der Waals surface area (Å²) in [6.07, 6.45) is 1.20. The minimum absolute atomic E-state index is 0.205. The largest absolute Gasteiger partial charge is 0.372 e. The monoisotopic (exact) mass is 289 g/mol. The Kier molecular flexibility index (Phi) is 4.27. The van der Waals surface area contributed by atoms with Crippen LogP contribution in [0.15, 0.2) is 42.5 Å². The normalized spacial score (nSPS) is 18.1. The summed E-state index contributed by atoms with van der Waals surface area (Å²) in [6.45, 7) is 2.26. The second-order valence-corrected chi connectivity index (χ2v) is 5.21. The third-order valence-electron chi connectivity index (χ3n) is 3.73. The van der Waals surface area contributed by atoms with E-state index in [1.165, 1.54) is 12.1 Å². The molecule has 0 saturated carbocycles. The first-order chi connectivity index (χ1) is 10.2. The molecule has 1 fully saturated rings. The molecule has 21 heavy (non-hydrogen) atoms. The van der Waals surface area contributed by atoms with Gasteiger partial charge in [-0.1, -0.05) is 24.3 Å². The Hall–Kier alpha value is -1.78. The summed E-state index contributed by atoms with van der Waals surface area (Å²) in [5, 5.41) is 3.24. The summed E-state index contributed by atoms with van der Waals surface area (Å²) in [5.41, 5.74) is 2.07. The molecule has 2 nitrogen and oxygen atoms in total. The van der Waals surface area contributed by atoms with Crippen LogP contribution in [0.3, 0.4) is 0 Å². The van der Waals surface area contributed by atoms with Crippen molar-refractivity contribution in [1.82, 2.24) is 5.32 Å². The summed E-state index contributed by atoms with van der Waals surface area (Å²) in [4.78, 5) is 0. The van der Waals surface area contributed by atoms with Gasteiger partial charge in [-0.25, -0.2) is 8.78 Å². The molecule has 1 heterocycles. The van der Waals surface area contributed by atoms with Crippen LogP contribution in [0.5, 0.6) is 0 Å². The predicted molar refractivity (Wildman–Crippen MR) is 77.9 cm³/mol. The van der Waals surface area contributed by atoms with Gasteiger partial charge in [0, 0.05) is 18.2 Å². The molecule has 0 aromatic heterocycles. The van der Waals surface area contributed by atoms with E-state index in [0.717, 1.165) is 36.7 Å². The fourth-order valence-electron chi connectivity index (χ4n) is 2.59. The molecule has 0 spiro atoms. The molecule has 0 amide bonds. The van der Waals surface area contributed by atoms with Gasteiger partial charge in [0.2, 0.25) is 0 Å². The molecule has 2 aromatic carbocycles. The van der Waals surface area contributed by atoms with Gasteiger partial charge < -0.3 is 10.1 Å². The van der Waals surface area contributed by atoms with Gasteiger partial charge in [-0.2, -0.15) is 0 Å². The highest BCUT2D eigenvalue weighted by Crippen LogP contribution is 2.27. The molecule has 0 bridgehead atoms. The lowest BCUT2D eigenvalue weighted by Crippen LogP contribution is -2.16. The van der Waals surface area contributed by atoms with E-state index >= 15 is 0 Å². The minimum atomic E-state index is -0.568. The molecular formula is C17H17F2NO. The fourth-order valence-corrected chi connectivity index (χ4v) is 2.59. The number of hydrogen-bond donors (Lipinski definition) is 1. The Labute approximate surface area is 122 Å². The number of hydrogen-bond acceptors (Lipinski definition) is 2. The molecule has 4 heteroatoms. The van der Waals surface area contributed by atoms with Crippen LogP contribution in [0.2, 0.25) is 0 Å². The van der Waals surface area contributed by atoms with Crippen molar-refractivity contribution in [1.29, 1.82) is 0 Å². The van der Waals surface area contributed by atoms with E-state index in [4.69, 9.17) is 4.74 Å². The SMILES string of the molecule is Fc1ccc(-c2ccccc2CO[C@H]2CCNC2)c(F)c1. The van der Waals surface area contributed by atoms with Gasteiger partial charge in [-0.3, -0.25) is 0 Å². The number of halogens is 2. The molecule has 0 unspecified atom stereocenters. The maximum atomic E-state index is 14.0. The van der Waals surface area contributed by atoms with Gasteiger partial charge >= 0.3 is 0 Å². The zero-order chi connectivity index (χ0) is 14.7. The van der Waals surface area contributed by atoms with Crippen LogP contribution in [-0.4, -0.2) is 19.2 Å². The number of rotatable bonds is 4. The summed E-state index contributed by atoms with van der Waals surface area (Å²) in [7, 11) is 0. The average Bonchev–Trinajstić information content (AvgIpc) is 2.99. The molecule has 1 saturated heterocycles. The first-order valence-electron chi connectivity index (χ1n) is 7.09. The van der Waals surface area contributed by atoms with Crippen molar-refractivity contribution in [2.45, 2.75) is 19.1 Å². The van der Waals surface area contributed by atoms with Gasteiger partial charge in [0.05, 0.1) is 12.7 Å². The summed E-state index contributed by atoms with van der Waals surface area (Å²) in [6, 6.07) is 11.2. The molecule has 0 aliphatic carbocycles. The van der Waals surface area contributed by atoms with Crippen LogP contribution in [-0.2, 0) is 11.3 Å². The van der Waals surface area contributed by atoms with Gasteiger partial charge in [0.1, 0.15) is 11.6 Å². The van der Waals surface area contributed by atoms with Crippen molar-refractivity contribution in [3.8, 4) is 11.1 Å². The van der Waals surface area contributed by atoms with E-state index in [0.29, 0.717) is 12.2 Å². The smallest absolute Gasteiger partial charge is 0.133 e. The van der Waals surface area contributed by atoms with E-state index in [2.05, 4.69) is 5.32 Å².